The predicted molar refractivity (Wildman–Crippen MR) is 85.3 cm³/mol. The van der Waals surface area contributed by atoms with E-state index in [1.54, 1.807) is 24.0 Å². The lowest BCUT2D eigenvalue weighted by atomic mass is 10.1. The molecule has 0 atom stereocenters. The van der Waals surface area contributed by atoms with Gasteiger partial charge in [0, 0.05) is 18.3 Å². The lowest BCUT2D eigenvalue weighted by Gasteiger charge is -2.22. The van der Waals surface area contributed by atoms with Gasteiger partial charge >= 0.3 is 0 Å². The molecule has 2 aromatic rings. The molecule has 0 spiro atoms. The van der Waals surface area contributed by atoms with Crippen molar-refractivity contribution in [2.75, 3.05) is 17.2 Å². The van der Waals surface area contributed by atoms with Gasteiger partial charge in [0.15, 0.2) is 0 Å². The fourth-order valence-electron chi connectivity index (χ4n) is 2.16. The molecular formula is C17H20N2O2. The average molecular weight is 284 g/mol. The molecule has 0 aliphatic heterocycles. The molecular weight excluding hydrogens is 264 g/mol. The summed E-state index contributed by atoms with van der Waals surface area (Å²) in [6.45, 7) is 4.60. The average Bonchev–Trinajstić information content (AvgIpc) is 2.45. The van der Waals surface area contributed by atoms with Crippen LogP contribution >= 0.6 is 0 Å². The molecule has 0 fully saturated rings. The number of nitrogens with zero attached hydrogens (tertiary/aromatic N) is 1. The predicted octanol–water partition coefficient (Wildman–Crippen LogP) is 3.22. The van der Waals surface area contributed by atoms with E-state index in [1.807, 2.05) is 43.3 Å². The molecule has 4 nitrogen and oxygen atoms in total. The van der Waals surface area contributed by atoms with E-state index in [1.165, 1.54) is 0 Å². The Morgan fingerprint density at radius 1 is 1.19 bits per heavy atom. The molecule has 0 saturated carbocycles. The van der Waals surface area contributed by atoms with Crippen molar-refractivity contribution >= 4 is 17.3 Å². The third-order valence-electron chi connectivity index (χ3n) is 3.11. The Morgan fingerprint density at radius 2 is 1.95 bits per heavy atom. The highest BCUT2D eigenvalue weighted by atomic mass is 16.5. The number of nitrogen functional groups attached to an aromatic ring is 1. The third-order valence-corrected chi connectivity index (χ3v) is 3.11. The van der Waals surface area contributed by atoms with Gasteiger partial charge in [-0.15, -0.1) is 0 Å². The van der Waals surface area contributed by atoms with Gasteiger partial charge in [0.2, 0.25) is 5.91 Å². The number of hydrogen-bond donors (Lipinski definition) is 1. The largest absolute Gasteiger partial charge is 0.494 e. The van der Waals surface area contributed by atoms with E-state index in [0.29, 0.717) is 18.8 Å². The van der Waals surface area contributed by atoms with Gasteiger partial charge in [0.25, 0.3) is 0 Å². The van der Waals surface area contributed by atoms with Gasteiger partial charge in [-0.05, 0) is 42.8 Å². The van der Waals surface area contributed by atoms with E-state index < -0.39 is 0 Å². The topological polar surface area (TPSA) is 55.6 Å². The molecule has 0 aliphatic rings. The maximum Gasteiger partial charge on any atom is 0.224 e. The Kier molecular flexibility index (Phi) is 4.82. The van der Waals surface area contributed by atoms with E-state index in [9.17, 15) is 4.79 Å². The molecule has 21 heavy (non-hydrogen) atoms. The minimum atomic E-state index is -0.0255. The Bertz CT molecular complexity index is 626. The minimum absolute atomic E-state index is 0.0255. The van der Waals surface area contributed by atoms with Crippen molar-refractivity contribution in [3.05, 3.63) is 54.1 Å². The van der Waals surface area contributed by atoms with Gasteiger partial charge in [-0.3, -0.25) is 4.79 Å². The van der Waals surface area contributed by atoms with Crippen LogP contribution in [0, 0.1) is 0 Å². The number of ether oxygens (including phenoxy) is 1. The number of hydrogen-bond acceptors (Lipinski definition) is 3. The van der Waals surface area contributed by atoms with Crippen LogP contribution in [0.4, 0.5) is 11.4 Å². The van der Waals surface area contributed by atoms with Crippen molar-refractivity contribution < 1.29 is 9.53 Å². The Hall–Kier alpha value is -2.49. The van der Waals surface area contributed by atoms with E-state index >= 15 is 0 Å². The molecule has 0 heterocycles. The summed E-state index contributed by atoms with van der Waals surface area (Å²) in [5.74, 6) is 0.786. The first-order valence-corrected chi connectivity index (χ1v) is 6.95. The molecule has 0 radical (unpaired) electrons. The summed E-state index contributed by atoms with van der Waals surface area (Å²) in [5.41, 5.74) is 8.24. The van der Waals surface area contributed by atoms with Crippen LogP contribution in [0.3, 0.4) is 0 Å². The number of nitrogens with two attached hydrogens (primary N) is 1. The zero-order valence-corrected chi connectivity index (χ0v) is 12.4. The van der Waals surface area contributed by atoms with E-state index in [4.69, 9.17) is 10.5 Å². The molecule has 0 aliphatic carbocycles. The molecule has 0 aromatic heterocycles. The van der Waals surface area contributed by atoms with Gasteiger partial charge < -0.3 is 15.4 Å². The Balaban J connectivity index is 2.24. The van der Waals surface area contributed by atoms with Crippen LogP contribution in [-0.2, 0) is 11.3 Å². The van der Waals surface area contributed by atoms with Gasteiger partial charge in [-0.2, -0.15) is 0 Å². The lowest BCUT2D eigenvalue weighted by molar-refractivity contribution is -0.116. The van der Waals surface area contributed by atoms with Crippen LogP contribution in [0.5, 0.6) is 5.75 Å². The van der Waals surface area contributed by atoms with Crippen molar-refractivity contribution in [3.63, 3.8) is 0 Å². The summed E-state index contributed by atoms with van der Waals surface area (Å²) in [5, 5.41) is 0. The molecule has 2 rings (SSSR count). The van der Waals surface area contributed by atoms with Crippen molar-refractivity contribution in [1.29, 1.82) is 0 Å². The summed E-state index contributed by atoms with van der Waals surface area (Å²) in [6, 6.07) is 15.1. The van der Waals surface area contributed by atoms with Gasteiger partial charge in [-0.1, -0.05) is 18.2 Å². The number of rotatable bonds is 5. The molecule has 1 amide bonds. The van der Waals surface area contributed by atoms with Crippen LogP contribution in [-0.4, -0.2) is 12.5 Å². The maximum absolute atomic E-state index is 11.9. The van der Waals surface area contributed by atoms with E-state index in [0.717, 1.165) is 17.0 Å². The van der Waals surface area contributed by atoms with Crippen LogP contribution in [0.2, 0.25) is 0 Å². The van der Waals surface area contributed by atoms with Gasteiger partial charge in [0.05, 0.1) is 13.2 Å². The van der Waals surface area contributed by atoms with Crippen molar-refractivity contribution in [2.45, 2.75) is 20.4 Å². The summed E-state index contributed by atoms with van der Waals surface area (Å²) < 4.78 is 5.49. The Labute approximate surface area is 125 Å². The van der Waals surface area contributed by atoms with Gasteiger partial charge in [0.1, 0.15) is 5.75 Å². The standard InChI is InChI=1S/C17H20N2O2/c1-3-21-17-9-4-6-14(10-17)12-19(13(2)20)16-8-5-7-15(18)11-16/h4-11H,3,12,18H2,1-2H3. The summed E-state index contributed by atoms with van der Waals surface area (Å²) >= 11 is 0. The maximum atomic E-state index is 11.9. The summed E-state index contributed by atoms with van der Waals surface area (Å²) in [7, 11) is 0. The second kappa shape index (κ2) is 6.79. The van der Waals surface area contributed by atoms with Crippen molar-refractivity contribution in [1.82, 2.24) is 0 Å². The van der Waals surface area contributed by atoms with Crippen LogP contribution in [0.25, 0.3) is 0 Å². The van der Waals surface area contributed by atoms with Crippen LogP contribution in [0.1, 0.15) is 19.4 Å². The molecule has 0 unspecified atom stereocenters. The minimum Gasteiger partial charge on any atom is -0.494 e. The zero-order valence-electron chi connectivity index (χ0n) is 12.4. The molecule has 0 bridgehead atoms. The first-order valence-electron chi connectivity index (χ1n) is 6.95. The second-order valence-electron chi connectivity index (χ2n) is 4.78. The third kappa shape index (κ3) is 3.99. The number of carbonyl (C=O) groups excluding carboxylic acids is 1. The zero-order chi connectivity index (χ0) is 15.2. The molecule has 4 heteroatoms. The highest BCUT2D eigenvalue weighted by molar-refractivity contribution is 5.91. The SMILES string of the molecule is CCOc1cccc(CN(C(C)=O)c2cccc(N)c2)c1. The normalized spacial score (nSPS) is 10.2. The van der Waals surface area contributed by atoms with E-state index in [2.05, 4.69) is 0 Å². The number of anilines is 2. The highest BCUT2D eigenvalue weighted by Gasteiger charge is 2.12. The first-order chi connectivity index (χ1) is 10.1. The van der Waals surface area contributed by atoms with Crippen LogP contribution < -0.4 is 15.4 Å². The summed E-state index contributed by atoms with van der Waals surface area (Å²) in [6.07, 6.45) is 0. The Morgan fingerprint density at radius 3 is 2.62 bits per heavy atom. The monoisotopic (exact) mass is 284 g/mol. The van der Waals surface area contributed by atoms with Crippen LogP contribution in [0.15, 0.2) is 48.5 Å². The quantitative estimate of drug-likeness (QED) is 0.858. The molecule has 2 N–H and O–H groups in total. The fraction of sp³-hybridized carbons (Fsp3) is 0.235. The molecule has 0 saturated heterocycles. The van der Waals surface area contributed by atoms with Crippen molar-refractivity contribution in [2.24, 2.45) is 0 Å². The first kappa shape index (κ1) is 14.9. The smallest absolute Gasteiger partial charge is 0.224 e. The number of carbonyl (C=O) groups is 1. The fourth-order valence-corrected chi connectivity index (χ4v) is 2.16. The lowest BCUT2D eigenvalue weighted by Crippen LogP contribution is -2.27. The summed E-state index contributed by atoms with van der Waals surface area (Å²) in [4.78, 5) is 13.6. The number of benzene rings is 2. The van der Waals surface area contributed by atoms with Crippen molar-refractivity contribution in [3.8, 4) is 5.75 Å². The molecule has 110 valence electrons. The van der Waals surface area contributed by atoms with E-state index in [-0.39, 0.29) is 5.91 Å². The highest BCUT2D eigenvalue weighted by Crippen LogP contribution is 2.22. The van der Waals surface area contributed by atoms with Gasteiger partial charge in [-0.25, -0.2) is 0 Å². The number of amides is 1. The molecule has 2 aromatic carbocycles. The second-order valence-corrected chi connectivity index (χ2v) is 4.78.